The molecule has 17 heavy (non-hydrogen) atoms. The Kier molecular flexibility index (Phi) is 3.59. The summed E-state index contributed by atoms with van der Waals surface area (Å²) in [7, 11) is 0. The molecule has 0 spiro atoms. The summed E-state index contributed by atoms with van der Waals surface area (Å²) in [5.74, 6) is 0. The summed E-state index contributed by atoms with van der Waals surface area (Å²) in [6, 6.07) is 5.57. The van der Waals surface area contributed by atoms with Gasteiger partial charge in [0.1, 0.15) is 0 Å². The quantitative estimate of drug-likeness (QED) is 0.674. The van der Waals surface area contributed by atoms with Gasteiger partial charge in [-0.2, -0.15) is 0 Å². The number of hydrogen-bond donors (Lipinski definition) is 1. The Balaban J connectivity index is 2.44. The molecule has 1 aliphatic heterocycles. The van der Waals surface area contributed by atoms with Crippen molar-refractivity contribution in [1.82, 2.24) is 5.32 Å². The molecular weight excluding hydrogens is 284 g/mol. The highest BCUT2D eigenvalue weighted by molar-refractivity contribution is 9.10. The highest BCUT2D eigenvalue weighted by Crippen LogP contribution is 2.32. The molecule has 1 aromatic carbocycles. The average molecular weight is 297 g/mol. The van der Waals surface area contributed by atoms with Crippen molar-refractivity contribution >= 4 is 27.2 Å². The van der Waals surface area contributed by atoms with Crippen molar-refractivity contribution in [2.75, 3.05) is 6.54 Å². The number of nitrogens with zero attached hydrogens (tertiary/aromatic N) is 1. The van der Waals surface area contributed by atoms with Crippen LogP contribution in [-0.4, -0.2) is 17.5 Å². The van der Waals surface area contributed by atoms with Gasteiger partial charge >= 0.3 is 0 Å². The molecule has 0 aliphatic carbocycles. The van der Waals surface area contributed by atoms with Crippen LogP contribution < -0.4 is 5.32 Å². The van der Waals surface area contributed by atoms with Gasteiger partial charge in [-0.15, -0.1) is 0 Å². The van der Waals surface area contributed by atoms with Gasteiger partial charge in [-0.05, 0) is 31.1 Å². The Morgan fingerprint density at radius 1 is 1.53 bits per heavy atom. The van der Waals surface area contributed by atoms with E-state index in [1.807, 2.05) is 18.2 Å². The van der Waals surface area contributed by atoms with Crippen molar-refractivity contribution in [3.05, 3.63) is 44.4 Å². The highest BCUT2D eigenvalue weighted by atomic mass is 79.9. The first-order valence-corrected chi connectivity index (χ1v) is 6.24. The van der Waals surface area contributed by atoms with E-state index in [1.54, 1.807) is 6.07 Å². The van der Waals surface area contributed by atoms with E-state index in [-0.39, 0.29) is 10.6 Å². The monoisotopic (exact) mass is 296 g/mol. The van der Waals surface area contributed by atoms with Crippen molar-refractivity contribution in [2.24, 2.45) is 0 Å². The van der Waals surface area contributed by atoms with Crippen LogP contribution in [0.5, 0.6) is 0 Å². The third-order valence-corrected chi connectivity index (χ3v) is 3.34. The van der Waals surface area contributed by atoms with Gasteiger partial charge in [0.2, 0.25) is 0 Å². The van der Waals surface area contributed by atoms with Crippen molar-refractivity contribution < 1.29 is 4.92 Å². The summed E-state index contributed by atoms with van der Waals surface area (Å²) in [4.78, 5) is 10.7. The summed E-state index contributed by atoms with van der Waals surface area (Å²) >= 11 is 3.26. The second kappa shape index (κ2) is 4.98. The molecule has 0 fully saturated rings. The molecule has 0 radical (unpaired) electrons. The number of nitrogens with one attached hydrogen (secondary N) is 1. The van der Waals surface area contributed by atoms with Crippen LogP contribution in [0.15, 0.2) is 28.7 Å². The first-order chi connectivity index (χ1) is 8.08. The zero-order valence-corrected chi connectivity index (χ0v) is 11.0. The van der Waals surface area contributed by atoms with Crippen LogP contribution in [0.4, 0.5) is 5.69 Å². The zero-order valence-electron chi connectivity index (χ0n) is 9.44. The van der Waals surface area contributed by atoms with Crippen LogP contribution in [0.3, 0.4) is 0 Å². The number of benzene rings is 1. The van der Waals surface area contributed by atoms with Gasteiger partial charge in [0.05, 0.1) is 10.5 Å². The minimum Gasteiger partial charge on any atom is -0.310 e. The fraction of sp³-hybridized carbons (Fsp3) is 0.333. The Hall–Kier alpha value is -1.20. The lowest BCUT2D eigenvalue weighted by Crippen LogP contribution is -2.30. The van der Waals surface area contributed by atoms with Crippen LogP contribution in [0.25, 0.3) is 5.57 Å². The molecule has 0 aromatic heterocycles. The lowest BCUT2D eigenvalue weighted by molar-refractivity contribution is -0.385. The largest absolute Gasteiger partial charge is 0.310 e. The predicted octanol–water partition coefficient (Wildman–Crippen LogP) is 3.12. The van der Waals surface area contributed by atoms with Gasteiger partial charge in [0.25, 0.3) is 5.69 Å². The number of rotatable bonds is 2. The summed E-state index contributed by atoms with van der Waals surface area (Å²) in [5.41, 5.74) is 1.95. The van der Waals surface area contributed by atoms with Crippen LogP contribution in [-0.2, 0) is 0 Å². The molecule has 4 nitrogen and oxygen atoms in total. The van der Waals surface area contributed by atoms with E-state index in [1.165, 1.54) is 0 Å². The van der Waals surface area contributed by atoms with Gasteiger partial charge in [0.15, 0.2) is 0 Å². The van der Waals surface area contributed by atoms with Crippen LogP contribution >= 0.6 is 15.9 Å². The minimum absolute atomic E-state index is 0.166. The lowest BCUT2D eigenvalue weighted by Gasteiger charge is -2.20. The molecular formula is C12H13BrN2O2. The molecule has 0 saturated carbocycles. The topological polar surface area (TPSA) is 55.2 Å². The van der Waals surface area contributed by atoms with Crippen LogP contribution in [0, 0.1) is 10.1 Å². The zero-order chi connectivity index (χ0) is 12.4. The SMILES string of the molecule is CC1CC(c2ccc(Br)cc2[N+](=O)[O-])=CCN1. The van der Waals surface area contributed by atoms with E-state index in [9.17, 15) is 10.1 Å². The van der Waals surface area contributed by atoms with E-state index >= 15 is 0 Å². The molecule has 0 bridgehead atoms. The second-order valence-electron chi connectivity index (χ2n) is 4.16. The molecule has 1 aromatic rings. The molecule has 5 heteroatoms. The van der Waals surface area contributed by atoms with Crippen molar-refractivity contribution in [2.45, 2.75) is 19.4 Å². The molecule has 0 saturated heterocycles. The third-order valence-electron chi connectivity index (χ3n) is 2.84. The number of nitro groups is 1. The normalized spacial score (nSPS) is 19.9. The molecule has 90 valence electrons. The molecule has 1 atom stereocenters. The molecule has 0 amide bonds. The number of hydrogen-bond acceptors (Lipinski definition) is 3. The summed E-state index contributed by atoms with van der Waals surface area (Å²) in [6.07, 6.45) is 2.85. The smallest absolute Gasteiger partial charge is 0.277 e. The number of nitro benzene ring substituents is 1. The standard InChI is InChI=1S/C12H13BrN2O2/c1-8-6-9(4-5-14-8)11-3-2-10(13)7-12(11)15(16)17/h2-4,7-8,14H,5-6H2,1H3. The average Bonchev–Trinajstić information content (AvgIpc) is 2.28. The van der Waals surface area contributed by atoms with E-state index in [4.69, 9.17) is 0 Å². The van der Waals surface area contributed by atoms with Gasteiger partial charge in [-0.3, -0.25) is 10.1 Å². The lowest BCUT2D eigenvalue weighted by atomic mass is 9.95. The van der Waals surface area contributed by atoms with Crippen molar-refractivity contribution in [3.8, 4) is 0 Å². The Labute approximate surface area is 108 Å². The Morgan fingerprint density at radius 3 is 2.94 bits per heavy atom. The molecule has 1 unspecified atom stereocenters. The van der Waals surface area contributed by atoms with E-state index in [0.29, 0.717) is 6.04 Å². The maximum absolute atomic E-state index is 11.0. The van der Waals surface area contributed by atoms with Gasteiger partial charge in [-0.1, -0.05) is 22.0 Å². The van der Waals surface area contributed by atoms with Crippen LogP contribution in [0.1, 0.15) is 18.9 Å². The summed E-state index contributed by atoms with van der Waals surface area (Å²) in [6.45, 7) is 2.85. The van der Waals surface area contributed by atoms with Gasteiger partial charge in [0, 0.05) is 23.1 Å². The van der Waals surface area contributed by atoms with Gasteiger partial charge < -0.3 is 5.32 Å². The molecule has 1 heterocycles. The Bertz CT molecular complexity index is 485. The summed E-state index contributed by atoms with van der Waals surface area (Å²) in [5, 5.41) is 14.3. The number of halogens is 1. The minimum atomic E-state index is -0.326. The first kappa shape index (κ1) is 12.3. The Morgan fingerprint density at radius 2 is 2.29 bits per heavy atom. The highest BCUT2D eigenvalue weighted by Gasteiger charge is 2.20. The maximum atomic E-state index is 11.0. The fourth-order valence-electron chi connectivity index (χ4n) is 2.02. The first-order valence-electron chi connectivity index (χ1n) is 5.44. The van der Waals surface area contributed by atoms with E-state index in [0.717, 1.165) is 28.6 Å². The van der Waals surface area contributed by atoms with E-state index < -0.39 is 0 Å². The summed E-state index contributed by atoms with van der Waals surface area (Å²) < 4.78 is 0.732. The van der Waals surface area contributed by atoms with E-state index in [2.05, 4.69) is 28.2 Å². The molecule has 1 N–H and O–H groups in total. The second-order valence-corrected chi connectivity index (χ2v) is 5.08. The fourth-order valence-corrected chi connectivity index (χ4v) is 2.36. The third kappa shape index (κ3) is 2.73. The molecule has 1 aliphatic rings. The van der Waals surface area contributed by atoms with Gasteiger partial charge in [-0.25, -0.2) is 0 Å². The predicted molar refractivity (Wildman–Crippen MR) is 70.9 cm³/mol. The van der Waals surface area contributed by atoms with Crippen molar-refractivity contribution in [3.63, 3.8) is 0 Å². The maximum Gasteiger partial charge on any atom is 0.277 e. The van der Waals surface area contributed by atoms with Crippen LogP contribution in [0.2, 0.25) is 0 Å². The molecule has 2 rings (SSSR count). The van der Waals surface area contributed by atoms with Crippen molar-refractivity contribution in [1.29, 1.82) is 0 Å².